The number of hydrogen-bond donors (Lipinski definition) is 2. The molecule has 3 N–H and O–H groups in total. The molecule has 4 nitrogen and oxygen atoms in total. The second-order valence-electron chi connectivity index (χ2n) is 4.30. The lowest BCUT2D eigenvalue weighted by atomic mass is 9.97. The normalized spacial score (nSPS) is 22.9. The molecule has 0 amide bonds. The summed E-state index contributed by atoms with van der Waals surface area (Å²) < 4.78 is 1.16. The average Bonchev–Trinajstić information content (AvgIpc) is 2.74. The molecule has 0 aliphatic carbocycles. The van der Waals surface area contributed by atoms with Crippen LogP contribution < -0.4 is 5.73 Å². The van der Waals surface area contributed by atoms with Crippen LogP contribution in [0.1, 0.15) is 17.7 Å². The molecule has 1 aliphatic rings. The zero-order valence-electron chi connectivity index (χ0n) is 9.47. The molecule has 1 aromatic rings. The maximum absolute atomic E-state index is 8.71. The monoisotopic (exact) mass is 317 g/mol. The Morgan fingerprint density at radius 2 is 2.47 bits per heavy atom. The van der Waals surface area contributed by atoms with Crippen molar-refractivity contribution in [1.29, 1.82) is 0 Å². The first-order chi connectivity index (χ1) is 8.19. The molecule has 1 fully saturated rings. The van der Waals surface area contributed by atoms with Crippen LogP contribution in [0.2, 0.25) is 0 Å². The van der Waals surface area contributed by atoms with Crippen molar-refractivity contribution in [2.75, 3.05) is 13.1 Å². The van der Waals surface area contributed by atoms with Crippen molar-refractivity contribution in [2.24, 2.45) is 16.8 Å². The third-order valence-electron chi connectivity index (χ3n) is 3.05. The highest BCUT2D eigenvalue weighted by Gasteiger charge is 2.23. The molecule has 2 heterocycles. The van der Waals surface area contributed by atoms with Gasteiger partial charge in [0.1, 0.15) is 5.84 Å². The second-order valence-corrected chi connectivity index (χ2v) is 6.85. The van der Waals surface area contributed by atoms with Crippen molar-refractivity contribution >= 4 is 33.1 Å². The smallest absolute Gasteiger partial charge is 0.143 e. The van der Waals surface area contributed by atoms with Gasteiger partial charge in [0.25, 0.3) is 0 Å². The Hall–Kier alpha value is -0.590. The van der Waals surface area contributed by atoms with Gasteiger partial charge in [0.05, 0.1) is 3.79 Å². The van der Waals surface area contributed by atoms with Crippen molar-refractivity contribution < 1.29 is 5.21 Å². The quantitative estimate of drug-likeness (QED) is 0.389. The van der Waals surface area contributed by atoms with Crippen LogP contribution in [-0.4, -0.2) is 29.0 Å². The van der Waals surface area contributed by atoms with Crippen molar-refractivity contribution in [3.63, 3.8) is 0 Å². The van der Waals surface area contributed by atoms with E-state index in [0.29, 0.717) is 5.84 Å². The van der Waals surface area contributed by atoms with E-state index in [1.165, 1.54) is 4.88 Å². The van der Waals surface area contributed by atoms with Gasteiger partial charge in [-0.2, -0.15) is 0 Å². The Bertz CT molecular complexity index is 407. The minimum absolute atomic E-state index is 0.192. The summed E-state index contributed by atoms with van der Waals surface area (Å²) in [5.41, 5.74) is 5.68. The maximum Gasteiger partial charge on any atom is 0.143 e. The zero-order valence-corrected chi connectivity index (χ0v) is 11.9. The summed E-state index contributed by atoms with van der Waals surface area (Å²) in [6.07, 6.45) is 2.12. The van der Waals surface area contributed by atoms with Crippen LogP contribution in [-0.2, 0) is 6.54 Å². The van der Waals surface area contributed by atoms with Crippen molar-refractivity contribution in [1.82, 2.24) is 4.90 Å². The molecule has 6 heteroatoms. The topological polar surface area (TPSA) is 61.9 Å². The average molecular weight is 318 g/mol. The van der Waals surface area contributed by atoms with Gasteiger partial charge in [-0.05, 0) is 47.4 Å². The van der Waals surface area contributed by atoms with Gasteiger partial charge in [-0.3, -0.25) is 4.90 Å². The van der Waals surface area contributed by atoms with Gasteiger partial charge in [-0.25, -0.2) is 0 Å². The van der Waals surface area contributed by atoms with Crippen molar-refractivity contribution in [3.8, 4) is 0 Å². The summed E-state index contributed by atoms with van der Waals surface area (Å²) in [6.45, 7) is 2.92. The Kier molecular flexibility index (Phi) is 4.42. The molecule has 0 spiro atoms. The summed E-state index contributed by atoms with van der Waals surface area (Å²) in [5.74, 6) is 0.555. The fraction of sp³-hybridized carbons (Fsp3) is 0.545. The predicted molar refractivity (Wildman–Crippen MR) is 73.4 cm³/mol. The lowest BCUT2D eigenvalue weighted by Crippen LogP contribution is -2.40. The Morgan fingerprint density at radius 3 is 3.12 bits per heavy atom. The summed E-state index contributed by atoms with van der Waals surface area (Å²) in [6, 6.07) is 4.22. The van der Waals surface area contributed by atoms with Gasteiger partial charge < -0.3 is 10.9 Å². The number of amidine groups is 1. The maximum atomic E-state index is 8.71. The first kappa shape index (κ1) is 12.9. The van der Waals surface area contributed by atoms with E-state index < -0.39 is 0 Å². The number of likely N-dealkylation sites (tertiary alicyclic amines) is 1. The second kappa shape index (κ2) is 5.84. The number of oxime groups is 1. The number of nitrogens with two attached hydrogens (primary N) is 1. The van der Waals surface area contributed by atoms with Crippen LogP contribution in [0.15, 0.2) is 21.1 Å². The van der Waals surface area contributed by atoms with Crippen LogP contribution >= 0.6 is 27.3 Å². The highest BCUT2D eigenvalue weighted by Crippen LogP contribution is 2.25. The highest BCUT2D eigenvalue weighted by molar-refractivity contribution is 9.11. The molecule has 1 atom stereocenters. The number of nitrogens with zero attached hydrogens (tertiary/aromatic N) is 2. The first-order valence-corrected chi connectivity index (χ1v) is 7.24. The van der Waals surface area contributed by atoms with E-state index in [1.807, 2.05) is 0 Å². The summed E-state index contributed by atoms with van der Waals surface area (Å²) in [4.78, 5) is 3.71. The van der Waals surface area contributed by atoms with Crippen molar-refractivity contribution in [2.45, 2.75) is 19.4 Å². The number of hydrogen-bond acceptors (Lipinski definition) is 4. The van der Waals surface area contributed by atoms with E-state index in [9.17, 15) is 0 Å². The molecule has 17 heavy (non-hydrogen) atoms. The van der Waals surface area contributed by atoms with Gasteiger partial charge in [0.2, 0.25) is 0 Å². The summed E-state index contributed by atoms with van der Waals surface area (Å²) >= 11 is 5.23. The highest BCUT2D eigenvalue weighted by atomic mass is 79.9. The number of rotatable bonds is 3. The third-order valence-corrected chi connectivity index (χ3v) is 4.66. The molecule has 1 saturated heterocycles. The SMILES string of the molecule is NC(=NO)C1CCCN(Cc2ccc(Br)s2)C1. The Labute approximate surface area is 113 Å². The zero-order chi connectivity index (χ0) is 12.3. The lowest BCUT2D eigenvalue weighted by molar-refractivity contribution is 0.194. The van der Waals surface area contributed by atoms with E-state index >= 15 is 0 Å². The van der Waals surface area contributed by atoms with E-state index in [-0.39, 0.29) is 5.92 Å². The Balaban J connectivity index is 1.93. The number of piperidine rings is 1. The van der Waals surface area contributed by atoms with Crippen LogP contribution in [0.3, 0.4) is 0 Å². The Morgan fingerprint density at radius 1 is 1.65 bits per heavy atom. The number of halogens is 1. The molecule has 0 saturated carbocycles. The molecule has 1 aliphatic heterocycles. The largest absolute Gasteiger partial charge is 0.409 e. The van der Waals surface area contributed by atoms with Gasteiger partial charge in [0.15, 0.2) is 0 Å². The third kappa shape index (κ3) is 3.43. The van der Waals surface area contributed by atoms with Crippen LogP contribution in [0.5, 0.6) is 0 Å². The van der Waals surface area contributed by atoms with E-state index in [4.69, 9.17) is 10.9 Å². The van der Waals surface area contributed by atoms with E-state index in [2.05, 4.69) is 38.1 Å². The van der Waals surface area contributed by atoms with E-state index in [0.717, 1.165) is 36.3 Å². The van der Waals surface area contributed by atoms with Crippen molar-refractivity contribution in [3.05, 3.63) is 20.8 Å². The molecule has 1 aromatic heterocycles. The molecule has 1 unspecified atom stereocenters. The lowest BCUT2D eigenvalue weighted by Gasteiger charge is -2.31. The molecule has 2 rings (SSSR count). The molecule has 0 bridgehead atoms. The minimum Gasteiger partial charge on any atom is -0.409 e. The van der Waals surface area contributed by atoms with E-state index in [1.54, 1.807) is 11.3 Å². The van der Waals surface area contributed by atoms with Gasteiger partial charge in [-0.15, -0.1) is 11.3 Å². The van der Waals surface area contributed by atoms with Gasteiger partial charge >= 0.3 is 0 Å². The standard InChI is InChI=1S/C11H16BrN3OS/c12-10-4-3-9(17-10)7-15-5-1-2-8(6-15)11(13)14-16/h3-4,8,16H,1-2,5-7H2,(H2,13,14). The van der Waals surface area contributed by atoms with Crippen LogP contribution in [0.25, 0.3) is 0 Å². The number of thiophene rings is 1. The molecule has 94 valence electrons. The first-order valence-electron chi connectivity index (χ1n) is 5.63. The fourth-order valence-electron chi connectivity index (χ4n) is 2.18. The molecular weight excluding hydrogens is 302 g/mol. The molecular formula is C11H16BrN3OS. The van der Waals surface area contributed by atoms with Crippen LogP contribution in [0, 0.1) is 5.92 Å². The minimum atomic E-state index is 0.192. The molecule has 0 radical (unpaired) electrons. The summed E-state index contributed by atoms with van der Waals surface area (Å²) in [7, 11) is 0. The summed E-state index contributed by atoms with van der Waals surface area (Å²) in [5, 5.41) is 11.8. The van der Waals surface area contributed by atoms with Gasteiger partial charge in [-0.1, -0.05) is 5.16 Å². The van der Waals surface area contributed by atoms with Crippen LogP contribution in [0.4, 0.5) is 0 Å². The fourth-order valence-corrected chi connectivity index (χ4v) is 3.70. The molecule has 0 aromatic carbocycles. The van der Waals surface area contributed by atoms with Gasteiger partial charge in [0, 0.05) is 23.9 Å². The predicted octanol–water partition coefficient (Wildman–Crippen LogP) is 2.47.